The van der Waals surface area contributed by atoms with E-state index >= 15 is 0 Å². The largest absolute Gasteiger partial charge is 0.472 e. The van der Waals surface area contributed by atoms with Crippen molar-refractivity contribution in [2.45, 2.75) is 50.4 Å². The molecule has 3 aliphatic heterocycles. The summed E-state index contributed by atoms with van der Waals surface area (Å²) in [4.78, 5) is 24.9. The van der Waals surface area contributed by atoms with Gasteiger partial charge in [0.15, 0.2) is 0 Å². The second kappa shape index (κ2) is 7.20. The number of piperidine rings is 1. The highest BCUT2D eigenvalue weighted by Gasteiger charge is 2.35. The van der Waals surface area contributed by atoms with Crippen molar-refractivity contribution < 1.29 is 4.74 Å². The van der Waals surface area contributed by atoms with Crippen LogP contribution in [-0.2, 0) is 6.61 Å². The molecule has 6 rings (SSSR count). The van der Waals surface area contributed by atoms with E-state index in [2.05, 4.69) is 51.5 Å². The standard InChI is InChI=1S/C24H25N5O2/c1-29(19-9-17-3-4-18(10-19)27-17)22-7-6-21-20-5-2-14(16-11-25-24(30)26-12-16)8-15(20)13-31-23(21)28-22/h2,5-8,11-12,17-19,27H,3-4,9-10,13H2,1H3,(H,25,26,30). The van der Waals surface area contributed by atoms with Gasteiger partial charge in [0.2, 0.25) is 5.88 Å². The van der Waals surface area contributed by atoms with Gasteiger partial charge in [-0.25, -0.2) is 9.78 Å². The molecule has 0 saturated carbocycles. The third kappa shape index (κ3) is 3.29. The molecule has 2 saturated heterocycles. The van der Waals surface area contributed by atoms with Crippen molar-refractivity contribution in [3.05, 3.63) is 58.8 Å². The normalized spacial score (nSPS) is 23.6. The van der Waals surface area contributed by atoms with E-state index in [0.29, 0.717) is 30.6 Å². The number of aromatic amines is 1. The van der Waals surface area contributed by atoms with Crippen LogP contribution in [0.2, 0.25) is 0 Å². The van der Waals surface area contributed by atoms with Gasteiger partial charge in [-0.15, -0.1) is 0 Å². The highest BCUT2D eigenvalue weighted by molar-refractivity contribution is 5.78. The second-order valence-electron chi connectivity index (χ2n) is 8.86. The van der Waals surface area contributed by atoms with Crippen molar-refractivity contribution in [1.29, 1.82) is 0 Å². The minimum Gasteiger partial charge on any atom is -0.472 e. The Morgan fingerprint density at radius 2 is 1.87 bits per heavy atom. The summed E-state index contributed by atoms with van der Waals surface area (Å²) in [5.74, 6) is 1.68. The monoisotopic (exact) mass is 415 g/mol. The third-order valence-electron chi connectivity index (χ3n) is 6.97. The summed E-state index contributed by atoms with van der Waals surface area (Å²) in [5.41, 5.74) is 4.80. The van der Waals surface area contributed by atoms with Gasteiger partial charge in [0.25, 0.3) is 0 Å². The summed E-state index contributed by atoms with van der Waals surface area (Å²) in [6.07, 6.45) is 8.23. The summed E-state index contributed by atoms with van der Waals surface area (Å²) in [7, 11) is 2.16. The van der Waals surface area contributed by atoms with Crippen LogP contribution in [0.5, 0.6) is 5.88 Å². The minimum absolute atomic E-state index is 0.344. The zero-order chi connectivity index (χ0) is 20.9. The van der Waals surface area contributed by atoms with Crippen molar-refractivity contribution in [2.75, 3.05) is 11.9 Å². The molecule has 1 aromatic carbocycles. The van der Waals surface area contributed by atoms with Gasteiger partial charge in [-0.05, 0) is 60.6 Å². The lowest BCUT2D eigenvalue weighted by Gasteiger charge is -2.36. The number of anilines is 1. The van der Waals surface area contributed by atoms with Crippen LogP contribution in [-0.4, -0.2) is 40.1 Å². The quantitative estimate of drug-likeness (QED) is 0.684. The van der Waals surface area contributed by atoms with Gasteiger partial charge in [0.1, 0.15) is 12.4 Å². The van der Waals surface area contributed by atoms with Crippen molar-refractivity contribution in [3.63, 3.8) is 0 Å². The van der Waals surface area contributed by atoms with E-state index in [1.54, 1.807) is 12.4 Å². The number of nitrogens with zero attached hydrogens (tertiary/aromatic N) is 3. The molecular weight excluding hydrogens is 390 g/mol. The summed E-state index contributed by atoms with van der Waals surface area (Å²) in [6.45, 7) is 0.477. The average molecular weight is 415 g/mol. The fourth-order valence-corrected chi connectivity index (χ4v) is 5.27. The predicted octanol–water partition coefficient (Wildman–Crippen LogP) is 3.11. The molecule has 31 heavy (non-hydrogen) atoms. The number of pyridine rings is 1. The number of ether oxygens (including phenoxy) is 1. The van der Waals surface area contributed by atoms with E-state index in [9.17, 15) is 4.79 Å². The number of hydrogen-bond acceptors (Lipinski definition) is 6. The lowest BCUT2D eigenvalue weighted by molar-refractivity contribution is 0.289. The van der Waals surface area contributed by atoms with Crippen LogP contribution in [0.25, 0.3) is 22.3 Å². The third-order valence-corrected chi connectivity index (χ3v) is 6.97. The maximum Gasteiger partial charge on any atom is 0.344 e. The number of aromatic nitrogens is 3. The molecule has 0 radical (unpaired) electrons. The molecule has 2 fully saturated rings. The minimum atomic E-state index is -0.344. The Kier molecular flexibility index (Phi) is 4.31. The molecule has 7 nitrogen and oxygen atoms in total. The maximum atomic E-state index is 11.2. The number of hydrogen-bond donors (Lipinski definition) is 2. The SMILES string of the molecule is CN(c1ccc2c(n1)OCc1cc(-c3cnc(=O)[nH]c3)ccc1-2)C1CC2CCC(C1)N2. The van der Waals surface area contributed by atoms with Crippen molar-refractivity contribution in [3.8, 4) is 28.1 Å². The fraction of sp³-hybridized carbons (Fsp3) is 0.375. The van der Waals surface area contributed by atoms with Crippen molar-refractivity contribution >= 4 is 5.82 Å². The Bertz CT molecular complexity index is 1170. The van der Waals surface area contributed by atoms with Crippen molar-refractivity contribution in [2.24, 2.45) is 0 Å². The Labute approximate surface area is 180 Å². The van der Waals surface area contributed by atoms with Crippen LogP contribution in [0, 0.1) is 0 Å². The zero-order valence-corrected chi connectivity index (χ0v) is 17.5. The lowest BCUT2D eigenvalue weighted by atomic mass is 9.95. The molecule has 3 aromatic rings. The molecule has 2 aromatic heterocycles. The number of rotatable bonds is 3. The van der Waals surface area contributed by atoms with E-state index in [-0.39, 0.29) is 5.69 Å². The molecule has 3 aliphatic rings. The number of H-pyrrole nitrogens is 1. The number of benzene rings is 1. The van der Waals surface area contributed by atoms with Gasteiger partial charge >= 0.3 is 5.69 Å². The Morgan fingerprint density at radius 1 is 1.06 bits per heavy atom. The van der Waals surface area contributed by atoms with Crippen LogP contribution in [0.3, 0.4) is 0 Å². The van der Waals surface area contributed by atoms with Crippen LogP contribution >= 0.6 is 0 Å². The van der Waals surface area contributed by atoms with Gasteiger partial charge < -0.3 is 19.9 Å². The average Bonchev–Trinajstić information content (AvgIpc) is 3.15. The topological polar surface area (TPSA) is 83.1 Å². The van der Waals surface area contributed by atoms with E-state index in [1.165, 1.54) is 25.7 Å². The Balaban J connectivity index is 1.28. The smallest absolute Gasteiger partial charge is 0.344 e. The van der Waals surface area contributed by atoms with E-state index in [1.807, 2.05) is 6.07 Å². The summed E-state index contributed by atoms with van der Waals surface area (Å²) in [6, 6.07) is 12.3. The van der Waals surface area contributed by atoms with E-state index in [0.717, 1.165) is 33.6 Å². The van der Waals surface area contributed by atoms with Crippen LogP contribution in [0.1, 0.15) is 31.2 Å². The summed E-state index contributed by atoms with van der Waals surface area (Å²) < 4.78 is 6.07. The fourth-order valence-electron chi connectivity index (χ4n) is 5.27. The lowest BCUT2D eigenvalue weighted by Crippen LogP contribution is -2.47. The first-order chi connectivity index (χ1) is 15.1. The molecular formula is C24H25N5O2. The molecule has 2 N–H and O–H groups in total. The number of fused-ring (bicyclic) bond motifs is 5. The van der Waals surface area contributed by atoms with Gasteiger partial charge in [0.05, 0.1) is 0 Å². The maximum absolute atomic E-state index is 11.2. The van der Waals surface area contributed by atoms with Gasteiger partial charge in [-0.1, -0.05) is 12.1 Å². The Hall–Kier alpha value is -3.19. The van der Waals surface area contributed by atoms with Crippen LogP contribution < -0.4 is 20.6 Å². The molecule has 0 spiro atoms. The van der Waals surface area contributed by atoms with E-state index in [4.69, 9.17) is 9.72 Å². The van der Waals surface area contributed by atoms with Crippen molar-refractivity contribution in [1.82, 2.24) is 20.3 Å². The first kappa shape index (κ1) is 18.6. The zero-order valence-electron chi connectivity index (χ0n) is 17.5. The molecule has 2 atom stereocenters. The molecule has 0 aliphatic carbocycles. The summed E-state index contributed by atoms with van der Waals surface area (Å²) >= 11 is 0. The highest BCUT2D eigenvalue weighted by atomic mass is 16.5. The molecule has 7 heteroatoms. The second-order valence-corrected chi connectivity index (χ2v) is 8.86. The van der Waals surface area contributed by atoms with Gasteiger partial charge in [-0.3, -0.25) is 0 Å². The molecule has 158 valence electrons. The van der Waals surface area contributed by atoms with Gasteiger partial charge in [-0.2, -0.15) is 4.98 Å². The first-order valence-corrected chi connectivity index (χ1v) is 11.0. The van der Waals surface area contributed by atoms with Crippen LogP contribution in [0.4, 0.5) is 5.82 Å². The Morgan fingerprint density at radius 3 is 2.65 bits per heavy atom. The number of nitrogens with one attached hydrogen (secondary N) is 2. The van der Waals surface area contributed by atoms with Crippen LogP contribution in [0.15, 0.2) is 47.5 Å². The van der Waals surface area contributed by atoms with Gasteiger partial charge in [0, 0.05) is 48.7 Å². The highest BCUT2D eigenvalue weighted by Crippen LogP contribution is 2.39. The predicted molar refractivity (Wildman–Crippen MR) is 119 cm³/mol. The molecule has 0 amide bonds. The molecule has 5 heterocycles. The molecule has 2 unspecified atom stereocenters. The van der Waals surface area contributed by atoms with E-state index < -0.39 is 0 Å². The summed E-state index contributed by atoms with van der Waals surface area (Å²) in [5, 5.41) is 3.71. The first-order valence-electron chi connectivity index (χ1n) is 11.0. The molecule has 2 bridgehead atoms.